The third kappa shape index (κ3) is 5.58. The van der Waals surface area contributed by atoms with E-state index in [1.165, 1.54) is 6.42 Å². The molecule has 0 bridgehead atoms. The lowest BCUT2D eigenvalue weighted by molar-refractivity contribution is 0.174. The normalized spacial score (nSPS) is 15.9. The van der Waals surface area contributed by atoms with E-state index in [0.717, 1.165) is 19.7 Å². The molecule has 14 heavy (non-hydrogen) atoms. The van der Waals surface area contributed by atoms with E-state index in [2.05, 4.69) is 38.0 Å². The van der Waals surface area contributed by atoms with E-state index in [1.54, 1.807) is 7.11 Å². The monoisotopic (exact) mass is 202 g/mol. The van der Waals surface area contributed by atoms with E-state index in [-0.39, 0.29) is 0 Å². The van der Waals surface area contributed by atoms with Crippen LogP contribution in [-0.4, -0.2) is 50.8 Å². The SMILES string of the molecule is CCC(C)N(C)C(C)CNCCOC. The molecule has 0 aliphatic heterocycles. The average Bonchev–Trinajstić information content (AvgIpc) is 2.21. The summed E-state index contributed by atoms with van der Waals surface area (Å²) < 4.78 is 4.98. The molecule has 0 aromatic rings. The summed E-state index contributed by atoms with van der Waals surface area (Å²) in [5, 5.41) is 3.38. The molecular weight excluding hydrogens is 176 g/mol. The number of methoxy groups -OCH3 is 1. The van der Waals surface area contributed by atoms with Gasteiger partial charge >= 0.3 is 0 Å². The highest BCUT2D eigenvalue weighted by atomic mass is 16.5. The van der Waals surface area contributed by atoms with E-state index in [0.29, 0.717) is 12.1 Å². The predicted octanol–water partition coefficient (Wildman–Crippen LogP) is 1.34. The standard InChI is InChI=1S/C11H26N2O/c1-6-10(2)13(4)11(3)9-12-7-8-14-5/h10-12H,6-9H2,1-5H3. The molecule has 0 aromatic carbocycles. The highest BCUT2D eigenvalue weighted by molar-refractivity contribution is 4.70. The summed E-state index contributed by atoms with van der Waals surface area (Å²) >= 11 is 0. The maximum absolute atomic E-state index is 4.98. The van der Waals surface area contributed by atoms with Gasteiger partial charge in [-0.1, -0.05) is 6.92 Å². The van der Waals surface area contributed by atoms with Crippen LogP contribution in [0.5, 0.6) is 0 Å². The predicted molar refractivity (Wildman–Crippen MR) is 61.7 cm³/mol. The van der Waals surface area contributed by atoms with Crippen molar-refractivity contribution in [1.82, 2.24) is 10.2 Å². The molecule has 0 aliphatic rings. The van der Waals surface area contributed by atoms with Gasteiger partial charge in [0.25, 0.3) is 0 Å². The lowest BCUT2D eigenvalue weighted by Crippen LogP contribution is -2.43. The van der Waals surface area contributed by atoms with Crippen molar-refractivity contribution in [3.8, 4) is 0 Å². The molecule has 0 fully saturated rings. The topological polar surface area (TPSA) is 24.5 Å². The van der Waals surface area contributed by atoms with Gasteiger partial charge in [0.2, 0.25) is 0 Å². The van der Waals surface area contributed by atoms with Crippen molar-refractivity contribution < 1.29 is 4.74 Å². The van der Waals surface area contributed by atoms with E-state index >= 15 is 0 Å². The molecule has 0 radical (unpaired) electrons. The Hall–Kier alpha value is -0.120. The summed E-state index contributed by atoms with van der Waals surface area (Å²) in [6, 6.07) is 1.25. The molecule has 0 rings (SSSR count). The number of hydrogen-bond donors (Lipinski definition) is 1. The molecule has 0 saturated heterocycles. The Kier molecular flexibility index (Phi) is 8.14. The molecular formula is C11H26N2O. The van der Waals surface area contributed by atoms with Crippen LogP contribution in [0.4, 0.5) is 0 Å². The van der Waals surface area contributed by atoms with Crippen LogP contribution in [0.25, 0.3) is 0 Å². The van der Waals surface area contributed by atoms with Crippen molar-refractivity contribution in [1.29, 1.82) is 0 Å². The van der Waals surface area contributed by atoms with Gasteiger partial charge in [0.15, 0.2) is 0 Å². The van der Waals surface area contributed by atoms with Crippen LogP contribution in [0.15, 0.2) is 0 Å². The molecule has 0 heterocycles. The fourth-order valence-corrected chi connectivity index (χ4v) is 1.35. The first-order valence-corrected chi connectivity index (χ1v) is 5.55. The fraction of sp³-hybridized carbons (Fsp3) is 1.00. The number of likely N-dealkylation sites (N-methyl/N-ethyl adjacent to an activating group) is 1. The van der Waals surface area contributed by atoms with Gasteiger partial charge in [-0.15, -0.1) is 0 Å². The summed E-state index contributed by atoms with van der Waals surface area (Å²) in [6.07, 6.45) is 1.21. The van der Waals surface area contributed by atoms with Crippen LogP contribution < -0.4 is 5.32 Å². The first-order valence-electron chi connectivity index (χ1n) is 5.55. The van der Waals surface area contributed by atoms with E-state index < -0.39 is 0 Å². The fourth-order valence-electron chi connectivity index (χ4n) is 1.35. The van der Waals surface area contributed by atoms with Crippen LogP contribution in [-0.2, 0) is 4.74 Å². The Labute approximate surface area is 88.8 Å². The van der Waals surface area contributed by atoms with Gasteiger partial charge in [0.05, 0.1) is 6.61 Å². The zero-order chi connectivity index (χ0) is 11.0. The minimum Gasteiger partial charge on any atom is -0.383 e. The average molecular weight is 202 g/mol. The first kappa shape index (κ1) is 13.9. The van der Waals surface area contributed by atoms with Crippen molar-refractivity contribution in [2.75, 3.05) is 33.9 Å². The minimum atomic E-state index is 0.585. The molecule has 0 saturated carbocycles. The number of nitrogens with one attached hydrogen (secondary N) is 1. The summed E-state index contributed by atoms with van der Waals surface area (Å²) in [5.41, 5.74) is 0. The Morgan fingerprint density at radius 3 is 2.43 bits per heavy atom. The van der Waals surface area contributed by atoms with Crippen molar-refractivity contribution in [2.45, 2.75) is 39.3 Å². The Morgan fingerprint density at radius 1 is 1.29 bits per heavy atom. The maximum Gasteiger partial charge on any atom is 0.0587 e. The quantitative estimate of drug-likeness (QED) is 0.601. The molecule has 3 nitrogen and oxygen atoms in total. The molecule has 0 aromatic heterocycles. The zero-order valence-electron chi connectivity index (χ0n) is 10.3. The van der Waals surface area contributed by atoms with Gasteiger partial charge in [-0.05, 0) is 27.3 Å². The van der Waals surface area contributed by atoms with Gasteiger partial charge in [0.1, 0.15) is 0 Å². The highest BCUT2D eigenvalue weighted by Gasteiger charge is 2.13. The lowest BCUT2D eigenvalue weighted by atomic mass is 10.2. The second-order valence-corrected chi connectivity index (χ2v) is 3.97. The molecule has 0 spiro atoms. The second kappa shape index (κ2) is 8.21. The Balaban J connectivity index is 3.56. The molecule has 1 N–H and O–H groups in total. The third-order valence-corrected chi connectivity index (χ3v) is 2.90. The van der Waals surface area contributed by atoms with Crippen LogP contribution in [0, 0.1) is 0 Å². The van der Waals surface area contributed by atoms with Crippen molar-refractivity contribution in [2.24, 2.45) is 0 Å². The summed E-state index contributed by atoms with van der Waals surface area (Å²) in [5.74, 6) is 0. The largest absolute Gasteiger partial charge is 0.383 e. The summed E-state index contributed by atoms with van der Waals surface area (Å²) in [7, 11) is 3.92. The van der Waals surface area contributed by atoms with Crippen molar-refractivity contribution >= 4 is 0 Å². The molecule has 0 aliphatic carbocycles. The van der Waals surface area contributed by atoms with Gasteiger partial charge in [0, 0.05) is 32.3 Å². The molecule has 2 atom stereocenters. The van der Waals surface area contributed by atoms with Crippen LogP contribution in [0.1, 0.15) is 27.2 Å². The Morgan fingerprint density at radius 2 is 1.93 bits per heavy atom. The summed E-state index contributed by atoms with van der Waals surface area (Å²) in [4.78, 5) is 2.42. The molecule has 86 valence electrons. The van der Waals surface area contributed by atoms with E-state index in [1.807, 2.05) is 0 Å². The zero-order valence-corrected chi connectivity index (χ0v) is 10.3. The third-order valence-electron chi connectivity index (χ3n) is 2.90. The van der Waals surface area contributed by atoms with E-state index in [4.69, 9.17) is 4.74 Å². The molecule has 2 unspecified atom stereocenters. The number of ether oxygens (including phenoxy) is 1. The highest BCUT2D eigenvalue weighted by Crippen LogP contribution is 2.04. The van der Waals surface area contributed by atoms with Gasteiger partial charge in [-0.25, -0.2) is 0 Å². The molecule has 3 heteroatoms. The Bertz CT molecular complexity index is 130. The second-order valence-electron chi connectivity index (χ2n) is 3.97. The van der Waals surface area contributed by atoms with Gasteiger partial charge < -0.3 is 10.1 Å². The van der Waals surface area contributed by atoms with Crippen molar-refractivity contribution in [3.63, 3.8) is 0 Å². The number of nitrogens with zero attached hydrogens (tertiary/aromatic N) is 1. The van der Waals surface area contributed by atoms with Gasteiger partial charge in [-0.2, -0.15) is 0 Å². The minimum absolute atomic E-state index is 0.585. The van der Waals surface area contributed by atoms with Crippen LogP contribution >= 0.6 is 0 Å². The number of hydrogen-bond acceptors (Lipinski definition) is 3. The molecule has 0 amide bonds. The summed E-state index contributed by atoms with van der Waals surface area (Å²) in [6.45, 7) is 9.52. The smallest absolute Gasteiger partial charge is 0.0587 e. The maximum atomic E-state index is 4.98. The lowest BCUT2D eigenvalue weighted by Gasteiger charge is -2.30. The van der Waals surface area contributed by atoms with Crippen LogP contribution in [0.2, 0.25) is 0 Å². The van der Waals surface area contributed by atoms with Crippen molar-refractivity contribution in [3.05, 3.63) is 0 Å². The number of rotatable bonds is 8. The van der Waals surface area contributed by atoms with E-state index in [9.17, 15) is 0 Å². The van der Waals surface area contributed by atoms with Crippen LogP contribution in [0.3, 0.4) is 0 Å². The van der Waals surface area contributed by atoms with Gasteiger partial charge in [-0.3, -0.25) is 4.90 Å². The first-order chi connectivity index (χ1) is 6.63.